The van der Waals surface area contributed by atoms with Crippen molar-refractivity contribution >= 4 is 11.6 Å². The summed E-state index contributed by atoms with van der Waals surface area (Å²) in [5.74, 6) is -6.07. The molecule has 0 saturated heterocycles. The fourth-order valence-corrected chi connectivity index (χ4v) is 5.36. The Labute approximate surface area is 236 Å². The molecule has 12 nitrogen and oxygen atoms in total. The summed E-state index contributed by atoms with van der Waals surface area (Å²) in [4.78, 5) is 26.2. The molecule has 2 heterocycles. The molecule has 0 spiro atoms. The first kappa shape index (κ1) is 26.4. The lowest BCUT2D eigenvalue weighted by molar-refractivity contribution is 0.0836. The predicted octanol–water partition coefficient (Wildman–Crippen LogP) is 4.41. The number of aromatic hydroxyl groups is 8. The van der Waals surface area contributed by atoms with Gasteiger partial charge in [-0.3, -0.25) is 9.59 Å². The van der Waals surface area contributed by atoms with Crippen LogP contribution in [0.25, 0.3) is 11.1 Å². The first-order valence-electron chi connectivity index (χ1n) is 12.6. The molecular weight excluding hydrogens is 552 g/mol. The van der Waals surface area contributed by atoms with Gasteiger partial charge in [0.25, 0.3) is 0 Å². The van der Waals surface area contributed by atoms with Crippen LogP contribution in [0.15, 0.2) is 48.5 Å². The van der Waals surface area contributed by atoms with E-state index in [4.69, 9.17) is 9.47 Å². The lowest BCUT2D eigenvalue weighted by Crippen LogP contribution is -2.22. The third kappa shape index (κ3) is 4.08. The minimum atomic E-state index is -1.18. The Hall–Kier alpha value is -5.78. The largest absolute Gasteiger partial charge is 0.508 e. The van der Waals surface area contributed by atoms with Crippen LogP contribution in [0, 0.1) is 0 Å². The molecule has 8 N–H and O–H groups in total. The number of fused-ring (bicyclic) bond motifs is 2. The Balaban J connectivity index is 1.46. The minimum Gasteiger partial charge on any atom is -0.508 e. The van der Waals surface area contributed by atoms with Gasteiger partial charge in [-0.15, -0.1) is 0 Å². The molecule has 0 bridgehead atoms. The number of Topliss-reactive ketones (excluding diaryl/α,β-unsaturated/α-hetero) is 2. The van der Waals surface area contributed by atoms with E-state index in [-0.39, 0.29) is 58.1 Å². The van der Waals surface area contributed by atoms with E-state index in [9.17, 15) is 50.4 Å². The number of ether oxygens (including phenoxy) is 2. The zero-order valence-electron chi connectivity index (χ0n) is 21.4. The van der Waals surface area contributed by atoms with Crippen molar-refractivity contribution in [3.05, 3.63) is 70.8 Å². The molecule has 0 amide bonds. The topological polar surface area (TPSA) is 214 Å². The van der Waals surface area contributed by atoms with Crippen LogP contribution in [0.4, 0.5) is 0 Å². The molecule has 0 fully saturated rings. The summed E-state index contributed by atoms with van der Waals surface area (Å²) in [6, 6.07) is 9.41. The van der Waals surface area contributed by atoms with Gasteiger partial charge in [-0.25, -0.2) is 0 Å². The minimum absolute atomic E-state index is 0.0271. The highest BCUT2D eigenvalue weighted by molar-refractivity contribution is 6.06. The molecule has 0 aromatic heterocycles. The van der Waals surface area contributed by atoms with Crippen LogP contribution in [-0.4, -0.2) is 52.4 Å². The van der Waals surface area contributed by atoms with Gasteiger partial charge in [0.15, 0.2) is 34.6 Å². The Morgan fingerprint density at radius 1 is 0.524 bits per heavy atom. The smallest absolute Gasteiger partial charge is 0.174 e. The van der Waals surface area contributed by atoms with Crippen molar-refractivity contribution in [1.29, 1.82) is 0 Å². The average Bonchev–Trinajstić information content (AvgIpc) is 2.91. The highest BCUT2D eigenvalue weighted by Gasteiger charge is 2.37. The maximum atomic E-state index is 13.3. The first-order chi connectivity index (χ1) is 19.9. The van der Waals surface area contributed by atoms with Crippen LogP contribution in [0.3, 0.4) is 0 Å². The van der Waals surface area contributed by atoms with Crippen LogP contribution >= 0.6 is 0 Å². The maximum absolute atomic E-state index is 13.3. The third-order valence-electron chi connectivity index (χ3n) is 7.30. The summed E-state index contributed by atoms with van der Waals surface area (Å²) in [6.07, 6.45) is -2.77. The van der Waals surface area contributed by atoms with Gasteiger partial charge in [-0.1, -0.05) is 12.1 Å². The number of hydrogen-bond donors (Lipinski definition) is 8. The van der Waals surface area contributed by atoms with E-state index in [1.54, 1.807) is 0 Å². The van der Waals surface area contributed by atoms with Crippen molar-refractivity contribution in [2.75, 3.05) is 0 Å². The van der Waals surface area contributed by atoms with Crippen LogP contribution < -0.4 is 9.47 Å². The summed E-state index contributed by atoms with van der Waals surface area (Å²) >= 11 is 0. The second-order valence-electron chi connectivity index (χ2n) is 9.94. The number of phenols is 8. The fourth-order valence-electron chi connectivity index (χ4n) is 5.36. The van der Waals surface area contributed by atoms with Gasteiger partial charge in [-0.2, -0.15) is 0 Å². The van der Waals surface area contributed by atoms with Gasteiger partial charge in [-0.05, 0) is 23.8 Å². The van der Waals surface area contributed by atoms with Crippen LogP contribution in [-0.2, 0) is 0 Å². The SMILES string of the molecule is O=C1C[C@@H](c2ccc(O)c(O)c2-c2c(O)cc3c(c2O)C(=O)C[C@@H](c2ccc(O)c(O)c2)O3)Oc2cc(O)cc(O)c21. The lowest BCUT2D eigenvalue weighted by atomic mass is 9.86. The summed E-state index contributed by atoms with van der Waals surface area (Å²) in [5, 5.41) is 83.1. The zero-order valence-corrected chi connectivity index (χ0v) is 21.4. The van der Waals surface area contributed by atoms with E-state index in [0.717, 1.165) is 24.3 Å². The molecule has 42 heavy (non-hydrogen) atoms. The monoisotopic (exact) mass is 574 g/mol. The fraction of sp³-hybridized carbons (Fsp3) is 0.133. The molecule has 4 aromatic carbocycles. The van der Waals surface area contributed by atoms with Crippen molar-refractivity contribution in [3.8, 4) is 68.6 Å². The van der Waals surface area contributed by atoms with E-state index in [1.807, 2.05) is 0 Å². The molecule has 0 radical (unpaired) electrons. The van der Waals surface area contributed by atoms with E-state index in [0.29, 0.717) is 5.56 Å². The number of carbonyl (C=O) groups is 2. The molecule has 2 atom stereocenters. The normalized spacial score (nSPS) is 17.6. The van der Waals surface area contributed by atoms with E-state index < -0.39 is 63.8 Å². The summed E-state index contributed by atoms with van der Waals surface area (Å²) in [6.45, 7) is 0. The standard InChI is InChI=1S/C30H22O12/c31-12-6-17(35)26-18(36)9-22(42-23(26)7-12)13-2-4-15(33)29(39)25(13)28-20(38)10-24-27(30(28)40)19(37)8-21(41-24)11-1-3-14(32)16(34)5-11/h1-7,10,21-22,31-35,38-40H,8-9H2/t21-,22-/m0/s1. The number of hydrogen-bond acceptors (Lipinski definition) is 12. The highest BCUT2D eigenvalue weighted by Crippen LogP contribution is 2.55. The summed E-state index contributed by atoms with van der Waals surface area (Å²) in [5.41, 5.74) is -0.896. The second-order valence-corrected chi connectivity index (χ2v) is 9.94. The molecule has 4 aromatic rings. The van der Waals surface area contributed by atoms with Crippen LogP contribution in [0.2, 0.25) is 0 Å². The van der Waals surface area contributed by atoms with Gasteiger partial charge >= 0.3 is 0 Å². The van der Waals surface area contributed by atoms with E-state index in [1.165, 1.54) is 24.3 Å². The van der Waals surface area contributed by atoms with Gasteiger partial charge in [0, 0.05) is 29.3 Å². The van der Waals surface area contributed by atoms with Crippen LogP contribution in [0.5, 0.6) is 57.5 Å². The Morgan fingerprint density at radius 2 is 1.14 bits per heavy atom. The molecular formula is C30H22O12. The molecule has 0 saturated carbocycles. The number of ketones is 2. The number of benzene rings is 4. The lowest BCUT2D eigenvalue weighted by Gasteiger charge is -2.29. The molecule has 12 heteroatoms. The Bertz CT molecular complexity index is 1830. The third-order valence-corrected chi connectivity index (χ3v) is 7.30. The molecule has 0 aliphatic carbocycles. The maximum Gasteiger partial charge on any atom is 0.174 e. The molecule has 6 rings (SSSR count). The average molecular weight is 574 g/mol. The highest BCUT2D eigenvalue weighted by atomic mass is 16.5. The molecule has 214 valence electrons. The second kappa shape index (κ2) is 9.41. The first-order valence-corrected chi connectivity index (χ1v) is 12.6. The molecule has 0 unspecified atom stereocenters. The zero-order chi connectivity index (χ0) is 30.0. The Morgan fingerprint density at radius 3 is 1.88 bits per heavy atom. The van der Waals surface area contributed by atoms with Gasteiger partial charge in [0.2, 0.25) is 0 Å². The van der Waals surface area contributed by atoms with Gasteiger partial charge in [0.05, 0.1) is 18.4 Å². The number of rotatable bonds is 3. The van der Waals surface area contributed by atoms with Crippen LogP contribution in [0.1, 0.15) is 56.9 Å². The Kier molecular flexibility index (Phi) is 5.92. The van der Waals surface area contributed by atoms with Crippen molar-refractivity contribution < 1.29 is 59.9 Å². The molecule has 2 aliphatic heterocycles. The number of phenolic OH excluding ortho intramolecular Hbond substituents is 8. The summed E-state index contributed by atoms with van der Waals surface area (Å²) in [7, 11) is 0. The van der Waals surface area contributed by atoms with Crippen molar-refractivity contribution in [2.24, 2.45) is 0 Å². The summed E-state index contributed by atoms with van der Waals surface area (Å²) < 4.78 is 11.7. The van der Waals surface area contributed by atoms with Gasteiger partial charge < -0.3 is 50.3 Å². The predicted molar refractivity (Wildman–Crippen MR) is 143 cm³/mol. The van der Waals surface area contributed by atoms with Crippen molar-refractivity contribution in [1.82, 2.24) is 0 Å². The molecule has 2 aliphatic rings. The quantitative estimate of drug-likeness (QED) is 0.160. The van der Waals surface area contributed by atoms with Gasteiger partial charge in [0.1, 0.15) is 57.8 Å². The van der Waals surface area contributed by atoms with Crippen molar-refractivity contribution in [3.63, 3.8) is 0 Å². The number of carbonyl (C=O) groups excluding carboxylic acids is 2. The van der Waals surface area contributed by atoms with Crippen molar-refractivity contribution in [2.45, 2.75) is 25.0 Å². The van der Waals surface area contributed by atoms with E-state index in [2.05, 4.69) is 0 Å². The van der Waals surface area contributed by atoms with E-state index >= 15 is 0 Å².